The van der Waals surface area contributed by atoms with Gasteiger partial charge < -0.3 is 10.2 Å². The van der Waals surface area contributed by atoms with Crippen LogP contribution in [0.4, 0.5) is 0 Å². The average molecular weight is 469 g/mol. The van der Waals surface area contributed by atoms with Crippen LogP contribution >= 0.6 is 0 Å². The number of benzene rings is 1. The van der Waals surface area contributed by atoms with Gasteiger partial charge in [0.1, 0.15) is 0 Å². The third kappa shape index (κ3) is 19.5. The van der Waals surface area contributed by atoms with E-state index in [1.807, 2.05) is 0 Å². The van der Waals surface area contributed by atoms with Gasteiger partial charge in [-0.3, -0.25) is 14.1 Å². The van der Waals surface area contributed by atoms with Crippen LogP contribution in [0.2, 0.25) is 0 Å². The molecule has 3 N–H and O–H groups in total. The predicted octanol–water partition coefficient (Wildman–Crippen LogP) is 4.30. The molecule has 0 heterocycles. The summed E-state index contributed by atoms with van der Waals surface area (Å²) in [7, 11) is -4.84. The topological polar surface area (TPSA) is 129 Å². The molecule has 9 heteroatoms. The molecule has 31 heavy (non-hydrogen) atoms. The predicted molar refractivity (Wildman–Crippen MR) is 124 cm³/mol. The molecule has 0 amide bonds. The number of carbonyl (C=O) groups is 2. The summed E-state index contributed by atoms with van der Waals surface area (Å²) in [5.41, 5.74) is 1.50. The molecule has 0 aliphatic carbocycles. The van der Waals surface area contributed by atoms with Crippen LogP contribution in [0.5, 0.6) is 0 Å². The van der Waals surface area contributed by atoms with E-state index >= 15 is 0 Å². The van der Waals surface area contributed by atoms with Crippen molar-refractivity contribution in [2.24, 2.45) is 0 Å². The number of aryl methyl sites for hydroxylation is 1. The van der Waals surface area contributed by atoms with Crippen molar-refractivity contribution in [1.29, 1.82) is 0 Å². The molecular weight excluding hydrogens is 431 g/mol. The van der Waals surface area contributed by atoms with E-state index in [9.17, 15) is 18.0 Å². The van der Waals surface area contributed by atoms with E-state index in [1.165, 1.54) is 76.2 Å². The monoisotopic (exact) mass is 468 g/mol. The second-order valence-corrected chi connectivity index (χ2v) is 8.96. The van der Waals surface area contributed by atoms with E-state index in [4.69, 9.17) is 14.8 Å². The zero-order valence-corrected chi connectivity index (χ0v) is 18.6. The SMILES string of the molecule is CCCCCCCCCCCCc1ccccc1.O=C(O)CC(C(=O)O)S(=O)(=O)O.[NaH]. The van der Waals surface area contributed by atoms with Gasteiger partial charge in [0.05, 0.1) is 6.42 Å². The number of hydrogen-bond acceptors (Lipinski definition) is 4. The summed E-state index contributed by atoms with van der Waals surface area (Å²) >= 11 is 0. The van der Waals surface area contributed by atoms with Crippen LogP contribution in [0, 0.1) is 0 Å². The fourth-order valence-electron chi connectivity index (χ4n) is 2.94. The Morgan fingerprint density at radius 1 is 0.839 bits per heavy atom. The Morgan fingerprint density at radius 3 is 1.65 bits per heavy atom. The molecule has 0 saturated carbocycles. The van der Waals surface area contributed by atoms with Gasteiger partial charge in [-0.1, -0.05) is 95.0 Å². The molecule has 0 spiro atoms. The van der Waals surface area contributed by atoms with Gasteiger partial charge in [-0.25, -0.2) is 0 Å². The molecule has 0 saturated heterocycles. The van der Waals surface area contributed by atoms with Crippen LogP contribution in [-0.4, -0.2) is 69.9 Å². The van der Waals surface area contributed by atoms with Crippen LogP contribution < -0.4 is 0 Å². The standard InChI is InChI=1S/C18H30.C4H6O7S.Na.H/c1-2-3-4-5-6-7-8-9-10-12-15-18-16-13-11-14-17-18;5-3(6)1-2(4(7)8)12(9,10)11;;/h11,13-14,16-17H,2-10,12,15H2,1H3;2H,1H2,(H,5,6)(H,7,8)(H,9,10,11);;. The molecule has 1 rings (SSSR count). The van der Waals surface area contributed by atoms with E-state index in [-0.39, 0.29) is 29.6 Å². The first-order chi connectivity index (χ1) is 14.2. The minimum atomic E-state index is -4.84. The van der Waals surface area contributed by atoms with Gasteiger partial charge in [-0.2, -0.15) is 8.42 Å². The Morgan fingerprint density at radius 2 is 1.29 bits per heavy atom. The van der Waals surface area contributed by atoms with E-state index in [1.54, 1.807) is 0 Å². The fraction of sp³-hybridized carbons (Fsp3) is 0.636. The summed E-state index contributed by atoms with van der Waals surface area (Å²) in [4.78, 5) is 20.0. The van der Waals surface area contributed by atoms with Gasteiger partial charge in [0.15, 0.2) is 5.25 Å². The Hall–Kier alpha value is -0.930. The van der Waals surface area contributed by atoms with Crippen LogP contribution in [-0.2, 0) is 26.1 Å². The number of aliphatic carboxylic acids is 2. The van der Waals surface area contributed by atoms with Crippen LogP contribution in [0.15, 0.2) is 30.3 Å². The van der Waals surface area contributed by atoms with Crippen molar-refractivity contribution in [3.05, 3.63) is 35.9 Å². The first-order valence-corrected chi connectivity index (χ1v) is 12.1. The Balaban J connectivity index is 0. The minimum absolute atomic E-state index is 0. The summed E-state index contributed by atoms with van der Waals surface area (Å²) in [6.07, 6.45) is 14.4. The first kappa shape index (κ1) is 32.3. The van der Waals surface area contributed by atoms with Crippen LogP contribution in [0.3, 0.4) is 0 Å². The van der Waals surface area contributed by atoms with E-state index < -0.39 is 33.7 Å². The maximum atomic E-state index is 10.2. The number of carboxylic acids is 2. The summed E-state index contributed by atoms with van der Waals surface area (Å²) in [6, 6.07) is 10.9. The second-order valence-electron chi connectivity index (χ2n) is 7.36. The molecular formula is C22H37NaO7S. The summed E-state index contributed by atoms with van der Waals surface area (Å²) in [5.74, 6) is -3.50. The molecule has 174 valence electrons. The molecule has 0 radical (unpaired) electrons. The maximum absolute atomic E-state index is 10.2. The van der Waals surface area contributed by atoms with Crippen molar-refractivity contribution in [2.75, 3.05) is 0 Å². The van der Waals surface area contributed by atoms with Crippen molar-refractivity contribution in [3.63, 3.8) is 0 Å². The molecule has 0 fully saturated rings. The van der Waals surface area contributed by atoms with E-state index in [0.717, 1.165) is 0 Å². The molecule has 0 aliphatic rings. The number of unbranched alkanes of at least 4 members (excludes halogenated alkanes) is 9. The first-order valence-electron chi connectivity index (χ1n) is 10.6. The van der Waals surface area contributed by atoms with Gasteiger partial charge in [-0.05, 0) is 18.4 Å². The molecule has 1 aromatic rings. The molecule has 1 aromatic carbocycles. The van der Waals surface area contributed by atoms with Gasteiger partial charge >= 0.3 is 41.5 Å². The van der Waals surface area contributed by atoms with E-state index in [2.05, 4.69) is 37.3 Å². The molecule has 1 atom stereocenters. The third-order valence-electron chi connectivity index (χ3n) is 4.66. The van der Waals surface area contributed by atoms with Crippen molar-refractivity contribution >= 4 is 51.6 Å². The quantitative estimate of drug-likeness (QED) is 0.199. The Labute approximate surface area is 208 Å². The van der Waals surface area contributed by atoms with E-state index in [0.29, 0.717) is 0 Å². The molecule has 1 unspecified atom stereocenters. The van der Waals surface area contributed by atoms with Crippen molar-refractivity contribution in [1.82, 2.24) is 0 Å². The molecule has 7 nitrogen and oxygen atoms in total. The number of rotatable bonds is 15. The molecule has 0 bridgehead atoms. The number of carboxylic acid groups (broad SMARTS) is 2. The van der Waals surface area contributed by atoms with Gasteiger partial charge in [0, 0.05) is 0 Å². The van der Waals surface area contributed by atoms with Gasteiger partial charge in [0.25, 0.3) is 10.1 Å². The third-order valence-corrected chi connectivity index (χ3v) is 5.74. The van der Waals surface area contributed by atoms with Crippen LogP contribution in [0.1, 0.15) is 83.1 Å². The molecule has 0 aliphatic heterocycles. The summed E-state index contributed by atoms with van der Waals surface area (Å²) in [6.45, 7) is 2.28. The van der Waals surface area contributed by atoms with Crippen LogP contribution in [0.25, 0.3) is 0 Å². The normalized spacial score (nSPS) is 11.5. The zero-order chi connectivity index (χ0) is 22.8. The Bertz CT molecular complexity index is 693. The Kier molecular flexibility index (Phi) is 20.5. The zero-order valence-electron chi connectivity index (χ0n) is 17.8. The average Bonchev–Trinajstić information content (AvgIpc) is 2.68. The second kappa shape index (κ2) is 19.7. The van der Waals surface area contributed by atoms with Gasteiger partial charge in [0.2, 0.25) is 0 Å². The summed E-state index contributed by atoms with van der Waals surface area (Å²) < 4.78 is 28.7. The number of hydrogen-bond donors (Lipinski definition) is 3. The fourth-order valence-corrected chi connectivity index (χ4v) is 3.55. The van der Waals surface area contributed by atoms with Crippen molar-refractivity contribution < 1.29 is 32.8 Å². The van der Waals surface area contributed by atoms with Crippen molar-refractivity contribution in [2.45, 2.75) is 89.2 Å². The summed E-state index contributed by atoms with van der Waals surface area (Å²) in [5, 5.41) is 13.9. The van der Waals surface area contributed by atoms with Crippen molar-refractivity contribution in [3.8, 4) is 0 Å². The van der Waals surface area contributed by atoms with Gasteiger partial charge in [-0.15, -0.1) is 0 Å². The molecule has 0 aromatic heterocycles.